The molecular formula is C19H16ClN3O3. The van der Waals surface area contributed by atoms with Crippen molar-refractivity contribution in [1.29, 1.82) is 0 Å². The van der Waals surface area contributed by atoms with E-state index in [9.17, 15) is 14.7 Å². The number of nitrogens with zero attached hydrogens (tertiary/aromatic N) is 2. The van der Waals surface area contributed by atoms with Crippen LogP contribution in [-0.2, 0) is 11.3 Å². The Kier molecular flexibility index (Phi) is 5.04. The van der Waals surface area contributed by atoms with Crippen LogP contribution < -0.4 is 10.9 Å². The summed E-state index contributed by atoms with van der Waals surface area (Å²) in [5.74, 6) is -0.586. The Bertz CT molecular complexity index is 1010. The summed E-state index contributed by atoms with van der Waals surface area (Å²) in [7, 11) is 0. The first-order chi connectivity index (χ1) is 12.4. The fraction of sp³-hybridized carbons (Fsp3) is 0.105. The van der Waals surface area contributed by atoms with Crippen molar-refractivity contribution in [3.63, 3.8) is 0 Å². The number of rotatable bonds is 4. The van der Waals surface area contributed by atoms with Gasteiger partial charge >= 0.3 is 0 Å². The van der Waals surface area contributed by atoms with E-state index in [1.807, 2.05) is 31.2 Å². The van der Waals surface area contributed by atoms with Crippen LogP contribution in [-0.4, -0.2) is 20.6 Å². The van der Waals surface area contributed by atoms with Gasteiger partial charge in [0.1, 0.15) is 12.3 Å². The number of halogens is 1. The maximum absolute atomic E-state index is 12.3. The van der Waals surface area contributed by atoms with Crippen LogP contribution in [0.15, 0.2) is 59.7 Å². The van der Waals surface area contributed by atoms with Gasteiger partial charge < -0.3 is 10.4 Å². The maximum Gasteiger partial charge on any atom is 0.254 e. The molecule has 3 aromatic rings. The van der Waals surface area contributed by atoms with E-state index in [1.165, 1.54) is 35.2 Å². The van der Waals surface area contributed by atoms with Crippen LogP contribution in [0.1, 0.15) is 5.56 Å². The number of phenols is 1. The van der Waals surface area contributed by atoms with Crippen LogP contribution in [0, 0.1) is 6.92 Å². The molecule has 26 heavy (non-hydrogen) atoms. The van der Waals surface area contributed by atoms with Crippen LogP contribution in [0.5, 0.6) is 5.75 Å². The molecule has 0 aliphatic carbocycles. The van der Waals surface area contributed by atoms with Crippen LogP contribution >= 0.6 is 11.6 Å². The monoisotopic (exact) mass is 369 g/mol. The molecule has 0 atom stereocenters. The predicted octanol–water partition coefficient (Wildman–Crippen LogP) is 3.22. The second kappa shape index (κ2) is 7.41. The van der Waals surface area contributed by atoms with Gasteiger partial charge in [-0.25, -0.2) is 4.98 Å². The lowest BCUT2D eigenvalue weighted by atomic mass is 10.1. The van der Waals surface area contributed by atoms with Gasteiger partial charge in [-0.15, -0.1) is 0 Å². The third-order valence-corrected chi connectivity index (χ3v) is 4.01. The summed E-state index contributed by atoms with van der Waals surface area (Å²) in [6, 6.07) is 13.3. The molecule has 0 aliphatic rings. The van der Waals surface area contributed by atoms with E-state index in [0.29, 0.717) is 10.7 Å². The molecular weight excluding hydrogens is 354 g/mol. The molecule has 0 saturated heterocycles. The Morgan fingerprint density at radius 3 is 2.62 bits per heavy atom. The molecule has 0 bridgehead atoms. The standard InChI is InChI=1S/C19H16ClN3O3/c1-12-2-4-13(5-3-12)15-9-19(26)23(11-21-15)10-18(25)22-16-8-14(20)6-7-17(16)24/h2-9,11,24H,10H2,1H3,(H,22,25). The summed E-state index contributed by atoms with van der Waals surface area (Å²) in [5, 5.41) is 12.6. The Hall–Kier alpha value is -3.12. The summed E-state index contributed by atoms with van der Waals surface area (Å²) in [6.45, 7) is 1.75. The molecule has 1 amide bonds. The van der Waals surface area contributed by atoms with Crippen molar-refractivity contribution in [2.75, 3.05) is 5.32 Å². The topological polar surface area (TPSA) is 84.2 Å². The fourth-order valence-corrected chi connectivity index (χ4v) is 2.55. The summed E-state index contributed by atoms with van der Waals surface area (Å²) in [6.07, 6.45) is 1.33. The van der Waals surface area contributed by atoms with Gasteiger partial charge in [-0.2, -0.15) is 0 Å². The van der Waals surface area contributed by atoms with Crippen molar-refractivity contribution >= 4 is 23.2 Å². The summed E-state index contributed by atoms with van der Waals surface area (Å²) in [5.41, 5.74) is 2.32. The minimum Gasteiger partial charge on any atom is -0.506 e. The van der Waals surface area contributed by atoms with Gasteiger partial charge in [-0.1, -0.05) is 41.4 Å². The highest BCUT2D eigenvalue weighted by molar-refractivity contribution is 6.31. The number of phenolic OH excluding ortho intramolecular Hbond substituents is 1. The second-order valence-electron chi connectivity index (χ2n) is 5.82. The Balaban J connectivity index is 1.75. The number of carbonyl (C=O) groups excluding carboxylic acids is 1. The Morgan fingerprint density at radius 2 is 1.92 bits per heavy atom. The quantitative estimate of drug-likeness (QED) is 0.691. The van der Waals surface area contributed by atoms with Crippen LogP contribution in [0.2, 0.25) is 5.02 Å². The number of hydrogen-bond donors (Lipinski definition) is 2. The van der Waals surface area contributed by atoms with Gasteiger partial charge in [0, 0.05) is 16.7 Å². The molecule has 0 saturated carbocycles. The first-order valence-electron chi connectivity index (χ1n) is 7.84. The summed E-state index contributed by atoms with van der Waals surface area (Å²) < 4.78 is 1.19. The number of hydrogen-bond acceptors (Lipinski definition) is 4. The predicted molar refractivity (Wildman–Crippen MR) is 100 cm³/mol. The normalized spacial score (nSPS) is 10.5. The highest BCUT2D eigenvalue weighted by Gasteiger charge is 2.10. The molecule has 7 heteroatoms. The van der Waals surface area contributed by atoms with Crippen molar-refractivity contribution in [3.8, 4) is 17.0 Å². The number of nitrogens with one attached hydrogen (secondary N) is 1. The van der Waals surface area contributed by atoms with Gasteiger partial charge in [-0.3, -0.25) is 14.2 Å². The molecule has 0 radical (unpaired) electrons. The van der Waals surface area contributed by atoms with Crippen molar-refractivity contribution < 1.29 is 9.90 Å². The molecule has 2 N–H and O–H groups in total. The van der Waals surface area contributed by atoms with E-state index in [1.54, 1.807) is 0 Å². The van der Waals surface area contributed by atoms with Crippen molar-refractivity contribution in [2.45, 2.75) is 13.5 Å². The zero-order valence-electron chi connectivity index (χ0n) is 13.9. The lowest BCUT2D eigenvalue weighted by Gasteiger charge is -2.09. The summed E-state index contributed by atoms with van der Waals surface area (Å²) >= 11 is 5.84. The third kappa shape index (κ3) is 4.10. The number of carbonyl (C=O) groups is 1. The van der Waals surface area contributed by atoms with Gasteiger partial charge in [0.2, 0.25) is 5.91 Å². The molecule has 132 valence electrons. The van der Waals surface area contributed by atoms with E-state index in [0.717, 1.165) is 11.1 Å². The summed E-state index contributed by atoms with van der Waals surface area (Å²) in [4.78, 5) is 28.6. The van der Waals surface area contributed by atoms with E-state index in [4.69, 9.17) is 11.6 Å². The highest BCUT2D eigenvalue weighted by atomic mass is 35.5. The van der Waals surface area contributed by atoms with E-state index in [-0.39, 0.29) is 23.5 Å². The van der Waals surface area contributed by atoms with Gasteiger partial charge in [-0.05, 0) is 25.1 Å². The Morgan fingerprint density at radius 1 is 1.19 bits per heavy atom. The fourth-order valence-electron chi connectivity index (χ4n) is 2.38. The lowest BCUT2D eigenvalue weighted by molar-refractivity contribution is -0.116. The second-order valence-corrected chi connectivity index (χ2v) is 6.25. The lowest BCUT2D eigenvalue weighted by Crippen LogP contribution is -2.27. The van der Waals surface area contributed by atoms with Crippen molar-refractivity contribution in [1.82, 2.24) is 9.55 Å². The first kappa shape index (κ1) is 17.7. The number of benzene rings is 2. The van der Waals surface area contributed by atoms with Crippen LogP contribution in [0.3, 0.4) is 0 Å². The minimum absolute atomic E-state index is 0.108. The molecule has 0 unspecified atom stereocenters. The zero-order valence-corrected chi connectivity index (χ0v) is 14.7. The molecule has 0 aliphatic heterocycles. The van der Waals surface area contributed by atoms with Crippen molar-refractivity contribution in [3.05, 3.63) is 75.8 Å². The average molecular weight is 370 g/mol. The smallest absolute Gasteiger partial charge is 0.254 e. The first-order valence-corrected chi connectivity index (χ1v) is 8.22. The molecule has 1 aromatic heterocycles. The molecule has 6 nitrogen and oxygen atoms in total. The van der Waals surface area contributed by atoms with Gasteiger partial charge in [0.15, 0.2) is 0 Å². The zero-order chi connectivity index (χ0) is 18.7. The van der Waals surface area contributed by atoms with E-state index < -0.39 is 5.91 Å². The number of aryl methyl sites for hydroxylation is 1. The number of anilines is 1. The molecule has 0 fully saturated rings. The molecule has 0 spiro atoms. The SMILES string of the molecule is Cc1ccc(-c2cc(=O)n(CC(=O)Nc3cc(Cl)ccc3O)cn2)cc1. The molecule has 1 heterocycles. The Labute approximate surface area is 154 Å². The van der Waals surface area contributed by atoms with Crippen LogP contribution in [0.4, 0.5) is 5.69 Å². The largest absolute Gasteiger partial charge is 0.506 e. The number of aromatic hydroxyl groups is 1. The van der Waals surface area contributed by atoms with E-state index in [2.05, 4.69) is 10.3 Å². The highest BCUT2D eigenvalue weighted by Crippen LogP contribution is 2.26. The van der Waals surface area contributed by atoms with Crippen LogP contribution in [0.25, 0.3) is 11.3 Å². The average Bonchev–Trinajstić information content (AvgIpc) is 2.60. The number of amides is 1. The number of aromatic nitrogens is 2. The van der Waals surface area contributed by atoms with Gasteiger partial charge in [0.05, 0.1) is 17.7 Å². The van der Waals surface area contributed by atoms with Crippen molar-refractivity contribution in [2.24, 2.45) is 0 Å². The third-order valence-electron chi connectivity index (χ3n) is 3.77. The van der Waals surface area contributed by atoms with Gasteiger partial charge in [0.25, 0.3) is 5.56 Å². The molecule has 2 aromatic carbocycles. The molecule has 3 rings (SSSR count). The minimum atomic E-state index is -0.477. The van der Waals surface area contributed by atoms with E-state index >= 15 is 0 Å². The maximum atomic E-state index is 12.3.